The fraction of sp³-hybridized carbons (Fsp3) is 0.739. The van der Waals surface area contributed by atoms with E-state index in [1.807, 2.05) is 12.1 Å². The van der Waals surface area contributed by atoms with Crippen molar-refractivity contribution < 1.29 is 47.3 Å². The summed E-state index contributed by atoms with van der Waals surface area (Å²) in [6, 6.07) is 5.99. The normalized spacial score (nSPS) is 11.9. The first kappa shape index (κ1) is 28.9. The van der Waals surface area contributed by atoms with Crippen LogP contribution >= 0.6 is 0 Å². The molecule has 1 aromatic rings. The van der Waals surface area contributed by atoms with Crippen molar-refractivity contribution in [2.24, 2.45) is 0 Å². The van der Waals surface area contributed by atoms with E-state index in [0.29, 0.717) is 5.75 Å². The van der Waals surface area contributed by atoms with Crippen LogP contribution in [0.4, 0.5) is 0 Å². The van der Waals surface area contributed by atoms with Crippen molar-refractivity contribution in [1.82, 2.24) is 0 Å². The van der Waals surface area contributed by atoms with Gasteiger partial charge in [-0.1, -0.05) is 77.3 Å². The van der Waals surface area contributed by atoms with E-state index in [1.165, 1.54) is 64.4 Å². The van der Waals surface area contributed by atoms with Gasteiger partial charge >= 0.3 is 29.6 Å². The maximum Gasteiger partial charge on any atom is 1.00 e. The number of unbranched alkanes of at least 4 members (excludes halogenated alkanes) is 8. The van der Waals surface area contributed by atoms with Gasteiger partial charge in [-0.2, -0.15) is 0 Å². The number of benzene rings is 1. The van der Waals surface area contributed by atoms with Gasteiger partial charge in [0.15, 0.2) is 4.93 Å². The third-order valence-electron chi connectivity index (χ3n) is 5.20. The fourth-order valence-corrected chi connectivity index (χ4v) is 3.44. The van der Waals surface area contributed by atoms with Crippen LogP contribution in [-0.2, 0) is 23.0 Å². The Labute approximate surface area is 201 Å². The van der Waals surface area contributed by atoms with Gasteiger partial charge in [-0.05, 0) is 56.7 Å². The number of hydrogen-bond acceptors (Lipinski definition) is 4. The van der Waals surface area contributed by atoms with Crippen LogP contribution in [0.15, 0.2) is 18.2 Å². The van der Waals surface area contributed by atoms with Crippen LogP contribution in [0.3, 0.4) is 0 Å². The maximum absolute atomic E-state index is 11.5. The number of hydrogen-bond donors (Lipinski definition) is 0. The van der Waals surface area contributed by atoms with Crippen LogP contribution in [-0.4, -0.2) is 17.9 Å². The van der Waals surface area contributed by atoms with Crippen molar-refractivity contribution >= 4 is 10.1 Å². The monoisotopic (exact) mass is 434 g/mol. The fourth-order valence-electron chi connectivity index (χ4n) is 3.25. The minimum atomic E-state index is -4.56. The summed E-state index contributed by atoms with van der Waals surface area (Å²) < 4.78 is 40.2. The van der Waals surface area contributed by atoms with E-state index in [2.05, 4.69) is 19.9 Å². The zero-order chi connectivity index (χ0) is 21.0. The van der Waals surface area contributed by atoms with Gasteiger partial charge in [0, 0.05) is 0 Å². The Morgan fingerprint density at radius 2 is 1.38 bits per heavy atom. The summed E-state index contributed by atoms with van der Waals surface area (Å²) in [5.74, 6) is 0.523. The zero-order valence-electron chi connectivity index (χ0n) is 19.3. The molecular weight excluding hydrogens is 395 g/mol. The van der Waals surface area contributed by atoms with E-state index in [9.17, 15) is 13.0 Å². The Morgan fingerprint density at radius 3 is 1.90 bits per heavy atom. The summed E-state index contributed by atoms with van der Waals surface area (Å²) in [5.41, 5.74) is 2.27. The Bertz CT molecular complexity index is 671. The van der Waals surface area contributed by atoms with Crippen molar-refractivity contribution in [3.05, 3.63) is 29.3 Å². The maximum atomic E-state index is 11.5. The Kier molecular flexibility index (Phi) is 14.8. The molecule has 4 nitrogen and oxygen atoms in total. The second-order valence-electron chi connectivity index (χ2n) is 8.23. The molecular formula is C23H39NaO4S. The Morgan fingerprint density at radius 1 is 0.862 bits per heavy atom. The Hall–Kier alpha value is -0.0700. The average molecular weight is 435 g/mol. The summed E-state index contributed by atoms with van der Waals surface area (Å²) in [6.07, 6.45) is 13.9. The molecule has 0 spiro atoms. The minimum absolute atomic E-state index is 0. The van der Waals surface area contributed by atoms with Crippen LogP contribution < -0.4 is 34.3 Å². The first-order valence-corrected chi connectivity index (χ1v) is 12.4. The predicted octanol–water partition coefficient (Wildman–Crippen LogP) is 3.38. The number of rotatable bonds is 15. The van der Waals surface area contributed by atoms with Crippen LogP contribution in [0, 0.1) is 0 Å². The number of ether oxygens (including phenoxy) is 1. The van der Waals surface area contributed by atoms with Crippen molar-refractivity contribution in [2.45, 2.75) is 110 Å². The van der Waals surface area contributed by atoms with Gasteiger partial charge in [-0.15, -0.1) is 0 Å². The van der Waals surface area contributed by atoms with E-state index in [1.54, 1.807) is 0 Å². The van der Waals surface area contributed by atoms with Gasteiger partial charge in [-0.25, -0.2) is 8.42 Å². The molecule has 0 unspecified atom stereocenters. The molecule has 29 heavy (non-hydrogen) atoms. The molecule has 162 valence electrons. The molecule has 1 rings (SSSR count). The minimum Gasteiger partial charge on any atom is -0.745 e. The molecule has 0 N–H and O–H groups in total. The van der Waals surface area contributed by atoms with E-state index >= 15 is 0 Å². The van der Waals surface area contributed by atoms with Gasteiger partial charge in [0.1, 0.15) is 15.9 Å². The third-order valence-corrected chi connectivity index (χ3v) is 6.49. The van der Waals surface area contributed by atoms with E-state index in [-0.39, 0.29) is 29.6 Å². The topological polar surface area (TPSA) is 66.4 Å². The second kappa shape index (κ2) is 14.9. The molecule has 0 bridgehead atoms. The molecule has 0 heterocycles. The molecule has 0 aliphatic heterocycles. The molecule has 0 fully saturated rings. The first-order chi connectivity index (χ1) is 13.2. The standard InChI is InChI=1S/C23H40O4S.Na/c1-5-7-9-11-13-15-20-17-18-22(27-23(3,4)28(24,25)26)21(19-20)16-14-12-10-8-6-2;/h17-19H,5-16H2,1-4H3,(H,24,25,26);/q;+1/p-1. The van der Waals surface area contributed by atoms with Gasteiger partial charge in [-0.3, -0.25) is 0 Å². The molecule has 0 saturated carbocycles. The van der Waals surface area contributed by atoms with Gasteiger partial charge in [0.25, 0.3) is 0 Å². The smallest absolute Gasteiger partial charge is 0.745 e. The molecule has 0 amide bonds. The summed E-state index contributed by atoms with van der Waals surface area (Å²) in [6.45, 7) is 7.06. The van der Waals surface area contributed by atoms with E-state index in [4.69, 9.17) is 4.74 Å². The first-order valence-electron chi connectivity index (χ1n) is 11.0. The molecule has 0 aliphatic carbocycles. The quantitative estimate of drug-likeness (QED) is 0.241. The zero-order valence-corrected chi connectivity index (χ0v) is 22.1. The van der Waals surface area contributed by atoms with Gasteiger partial charge in [0.05, 0.1) is 0 Å². The molecule has 0 saturated heterocycles. The van der Waals surface area contributed by atoms with E-state index < -0.39 is 15.1 Å². The predicted molar refractivity (Wildman–Crippen MR) is 116 cm³/mol. The molecule has 0 radical (unpaired) electrons. The molecule has 1 aromatic carbocycles. The number of aryl methyl sites for hydroxylation is 2. The summed E-state index contributed by atoms with van der Waals surface area (Å²) in [4.78, 5) is -1.77. The van der Waals surface area contributed by atoms with E-state index in [0.717, 1.165) is 37.7 Å². The molecule has 6 heteroatoms. The van der Waals surface area contributed by atoms with Crippen molar-refractivity contribution in [3.8, 4) is 5.75 Å². The molecule has 0 aromatic heterocycles. The van der Waals surface area contributed by atoms with Crippen molar-refractivity contribution in [3.63, 3.8) is 0 Å². The summed E-state index contributed by atoms with van der Waals surface area (Å²) >= 11 is 0. The van der Waals surface area contributed by atoms with Gasteiger partial charge in [0.2, 0.25) is 0 Å². The molecule has 0 aliphatic rings. The molecule has 0 atom stereocenters. The van der Waals surface area contributed by atoms with Crippen LogP contribution in [0.25, 0.3) is 0 Å². The van der Waals surface area contributed by atoms with Crippen LogP contribution in [0.2, 0.25) is 0 Å². The Balaban J connectivity index is 0.00000784. The van der Waals surface area contributed by atoms with Gasteiger partial charge < -0.3 is 9.29 Å². The average Bonchev–Trinajstić information content (AvgIpc) is 2.62. The SMILES string of the molecule is CCCCCCCc1ccc(OC(C)(C)S(=O)(=O)[O-])c(CCCCCCC)c1.[Na+]. The largest absolute Gasteiger partial charge is 1.00 e. The van der Waals surface area contributed by atoms with Crippen LogP contribution in [0.1, 0.15) is 103 Å². The third kappa shape index (κ3) is 11.2. The summed E-state index contributed by atoms with van der Waals surface area (Å²) in [7, 11) is -4.56. The van der Waals surface area contributed by atoms with Crippen molar-refractivity contribution in [2.75, 3.05) is 0 Å². The van der Waals surface area contributed by atoms with Crippen LogP contribution in [0.5, 0.6) is 5.75 Å². The van der Waals surface area contributed by atoms with Crippen molar-refractivity contribution in [1.29, 1.82) is 0 Å². The second-order valence-corrected chi connectivity index (χ2v) is 10.1. The summed E-state index contributed by atoms with van der Waals surface area (Å²) in [5, 5.41) is 0.